The van der Waals surface area contributed by atoms with E-state index in [1.165, 1.54) is 0 Å². The first-order valence-corrected chi connectivity index (χ1v) is 5.94. The van der Waals surface area contributed by atoms with Crippen LogP contribution in [0.2, 0.25) is 5.02 Å². The number of aromatic nitrogens is 1. The largest absolute Gasteiger partial charge is 0.385 e. The van der Waals surface area contributed by atoms with Crippen molar-refractivity contribution in [2.75, 3.05) is 19.0 Å². The van der Waals surface area contributed by atoms with Gasteiger partial charge in [-0.15, -0.1) is 0 Å². The third-order valence-corrected chi connectivity index (χ3v) is 2.72. The van der Waals surface area contributed by atoms with Crippen LogP contribution in [0.3, 0.4) is 0 Å². The van der Waals surface area contributed by atoms with Gasteiger partial charge in [-0.3, -0.25) is 4.98 Å². The third-order valence-electron chi connectivity index (χ3n) is 2.48. The molecule has 0 aliphatic rings. The molecular weight excluding hydrogens is 236 g/mol. The lowest BCUT2D eigenvalue weighted by Crippen LogP contribution is -2.01. The van der Waals surface area contributed by atoms with Crippen molar-refractivity contribution in [3.8, 4) is 0 Å². The quantitative estimate of drug-likeness (QED) is 0.902. The number of methoxy groups -OCH3 is 1. The highest BCUT2D eigenvalue weighted by molar-refractivity contribution is 6.31. The predicted octanol–water partition coefficient (Wildman–Crippen LogP) is 3.47. The number of nitrogens with one attached hydrogen (secondary N) is 1. The molecule has 0 radical (unpaired) electrons. The Hall–Kier alpha value is -1.32. The number of anilines is 1. The Kier molecular flexibility index (Phi) is 3.82. The van der Waals surface area contributed by atoms with E-state index >= 15 is 0 Å². The standard InChI is InChI=1S/C13H15ClN2O/c1-3-15-13-7-10(8-17-2)16-12-5-4-9(14)6-11(12)13/h4-7H,3,8H2,1-2H3,(H,15,16). The summed E-state index contributed by atoms with van der Waals surface area (Å²) in [6.45, 7) is 3.43. The molecule has 0 spiro atoms. The SMILES string of the molecule is CCNc1cc(COC)nc2ccc(Cl)cc12. The molecular formula is C13H15ClN2O. The van der Waals surface area contributed by atoms with E-state index in [1.54, 1.807) is 7.11 Å². The molecule has 2 rings (SSSR count). The molecule has 4 heteroatoms. The van der Waals surface area contributed by atoms with Crippen LogP contribution in [0.25, 0.3) is 10.9 Å². The first-order valence-electron chi connectivity index (χ1n) is 5.56. The van der Waals surface area contributed by atoms with Crippen molar-refractivity contribution in [3.05, 3.63) is 35.0 Å². The lowest BCUT2D eigenvalue weighted by Gasteiger charge is -2.10. The van der Waals surface area contributed by atoms with Gasteiger partial charge in [0.25, 0.3) is 0 Å². The fourth-order valence-electron chi connectivity index (χ4n) is 1.81. The van der Waals surface area contributed by atoms with Gasteiger partial charge in [0.15, 0.2) is 0 Å². The molecule has 1 aromatic heterocycles. The van der Waals surface area contributed by atoms with Crippen molar-refractivity contribution in [3.63, 3.8) is 0 Å². The minimum absolute atomic E-state index is 0.511. The highest BCUT2D eigenvalue weighted by atomic mass is 35.5. The van der Waals surface area contributed by atoms with E-state index in [0.29, 0.717) is 6.61 Å². The summed E-state index contributed by atoms with van der Waals surface area (Å²) in [5.74, 6) is 0. The molecule has 0 saturated carbocycles. The number of hydrogen-bond donors (Lipinski definition) is 1. The van der Waals surface area contributed by atoms with Gasteiger partial charge in [0.1, 0.15) is 0 Å². The minimum atomic E-state index is 0.511. The van der Waals surface area contributed by atoms with Crippen LogP contribution in [-0.4, -0.2) is 18.6 Å². The molecule has 1 N–H and O–H groups in total. The molecule has 2 aromatic rings. The van der Waals surface area contributed by atoms with Crippen molar-refractivity contribution >= 4 is 28.2 Å². The van der Waals surface area contributed by atoms with Crippen LogP contribution in [0.5, 0.6) is 0 Å². The summed E-state index contributed by atoms with van der Waals surface area (Å²) in [5, 5.41) is 5.08. The van der Waals surface area contributed by atoms with Gasteiger partial charge in [-0.05, 0) is 31.2 Å². The van der Waals surface area contributed by atoms with E-state index in [4.69, 9.17) is 16.3 Å². The van der Waals surface area contributed by atoms with Crippen molar-refractivity contribution in [1.82, 2.24) is 4.98 Å². The van der Waals surface area contributed by atoms with Gasteiger partial charge in [0.2, 0.25) is 0 Å². The Morgan fingerprint density at radius 2 is 2.18 bits per heavy atom. The smallest absolute Gasteiger partial charge is 0.0885 e. The van der Waals surface area contributed by atoms with Crippen LogP contribution in [0.4, 0.5) is 5.69 Å². The molecule has 3 nitrogen and oxygen atoms in total. The summed E-state index contributed by atoms with van der Waals surface area (Å²) in [5.41, 5.74) is 2.89. The average Bonchev–Trinajstić information content (AvgIpc) is 2.31. The third kappa shape index (κ3) is 2.68. The van der Waals surface area contributed by atoms with E-state index in [2.05, 4.69) is 17.2 Å². The van der Waals surface area contributed by atoms with Crippen LogP contribution in [0.15, 0.2) is 24.3 Å². The van der Waals surface area contributed by atoms with E-state index in [1.807, 2.05) is 24.3 Å². The number of pyridine rings is 1. The van der Waals surface area contributed by atoms with E-state index < -0.39 is 0 Å². The zero-order valence-electron chi connectivity index (χ0n) is 9.96. The van der Waals surface area contributed by atoms with Gasteiger partial charge in [-0.2, -0.15) is 0 Å². The van der Waals surface area contributed by atoms with E-state index in [9.17, 15) is 0 Å². The summed E-state index contributed by atoms with van der Waals surface area (Å²) in [7, 11) is 1.67. The second kappa shape index (κ2) is 5.34. The number of halogens is 1. The maximum absolute atomic E-state index is 6.01. The van der Waals surface area contributed by atoms with Gasteiger partial charge < -0.3 is 10.1 Å². The molecule has 0 atom stereocenters. The van der Waals surface area contributed by atoms with Crippen LogP contribution in [0.1, 0.15) is 12.6 Å². The number of hydrogen-bond acceptors (Lipinski definition) is 3. The zero-order valence-corrected chi connectivity index (χ0v) is 10.7. The second-order valence-corrected chi connectivity index (χ2v) is 4.22. The summed E-state index contributed by atoms with van der Waals surface area (Å²) in [4.78, 5) is 4.53. The number of nitrogens with zero attached hydrogens (tertiary/aromatic N) is 1. The summed E-state index contributed by atoms with van der Waals surface area (Å²) in [6, 6.07) is 7.71. The Morgan fingerprint density at radius 1 is 1.35 bits per heavy atom. The number of ether oxygens (including phenoxy) is 1. The summed E-state index contributed by atoms with van der Waals surface area (Å²) < 4.78 is 5.12. The maximum Gasteiger partial charge on any atom is 0.0885 e. The Labute approximate surface area is 106 Å². The number of benzene rings is 1. The monoisotopic (exact) mass is 250 g/mol. The fraction of sp³-hybridized carbons (Fsp3) is 0.308. The second-order valence-electron chi connectivity index (χ2n) is 3.79. The Balaban J connectivity index is 2.58. The first kappa shape index (κ1) is 12.1. The van der Waals surface area contributed by atoms with Crippen LogP contribution in [0, 0.1) is 0 Å². The average molecular weight is 251 g/mol. The van der Waals surface area contributed by atoms with Crippen molar-refractivity contribution in [1.29, 1.82) is 0 Å². The molecule has 0 saturated heterocycles. The Bertz CT molecular complexity index is 528. The molecule has 0 unspecified atom stereocenters. The Morgan fingerprint density at radius 3 is 2.88 bits per heavy atom. The predicted molar refractivity (Wildman–Crippen MR) is 71.6 cm³/mol. The van der Waals surface area contributed by atoms with Gasteiger partial charge in [-0.25, -0.2) is 0 Å². The normalized spacial score (nSPS) is 10.8. The van der Waals surface area contributed by atoms with Crippen LogP contribution < -0.4 is 5.32 Å². The highest BCUT2D eigenvalue weighted by Gasteiger charge is 2.05. The van der Waals surface area contributed by atoms with Crippen molar-refractivity contribution in [2.24, 2.45) is 0 Å². The molecule has 17 heavy (non-hydrogen) atoms. The molecule has 0 bridgehead atoms. The first-order chi connectivity index (χ1) is 8.24. The zero-order chi connectivity index (χ0) is 12.3. The van der Waals surface area contributed by atoms with Gasteiger partial charge >= 0.3 is 0 Å². The van der Waals surface area contributed by atoms with Crippen molar-refractivity contribution in [2.45, 2.75) is 13.5 Å². The topological polar surface area (TPSA) is 34.1 Å². The molecule has 0 fully saturated rings. The molecule has 1 heterocycles. The highest BCUT2D eigenvalue weighted by Crippen LogP contribution is 2.26. The molecule has 1 aromatic carbocycles. The molecule has 90 valence electrons. The van der Waals surface area contributed by atoms with Crippen molar-refractivity contribution < 1.29 is 4.74 Å². The van der Waals surface area contributed by atoms with Gasteiger partial charge in [0, 0.05) is 29.8 Å². The lowest BCUT2D eigenvalue weighted by atomic mass is 10.1. The fourth-order valence-corrected chi connectivity index (χ4v) is 1.98. The summed E-state index contributed by atoms with van der Waals surface area (Å²) in [6.07, 6.45) is 0. The van der Waals surface area contributed by atoms with Crippen LogP contribution in [-0.2, 0) is 11.3 Å². The van der Waals surface area contributed by atoms with E-state index in [-0.39, 0.29) is 0 Å². The summed E-state index contributed by atoms with van der Waals surface area (Å²) >= 11 is 6.01. The lowest BCUT2D eigenvalue weighted by molar-refractivity contribution is 0.182. The molecule has 0 amide bonds. The van der Waals surface area contributed by atoms with E-state index in [0.717, 1.165) is 33.9 Å². The number of fused-ring (bicyclic) bond motifs is 1. The molecule has 0 aliphatic carbocycles. The van der Waals surface area contributed by atoms with Crippen LogP contribution >= 0.6 is 11.6 Å². The maximum atomic E-state index is 6.01. The minimum Gasteiger partial charge on any atom is -0.385 e. The molecule has 0 aliphatic heterocycles. The number of rotatable bonds is 4. The van der Waals surface area contributed by atoms with Gasteiger partial charge in [-0.1, -0.05) is 11.6 Å². The van der Waals surface area contributed by atoms with Gasteiger partial charge in [0.05, 0.1) is 17.8 Å².